The maximum atomic E-state index is 12.8. The fraction of sp³-hybridized carbons (Fsp3) is 0.318. The molecule has 1 N–H and O–H groups in total. The van der Waals surface area contributed by atoms with Crippen LogP contribution in [0.5, 0.6) is 0 Å². The average Bonchev–Trinajstić information content (AvgIpc) is 2.74. The first-order valence-electron chi connectivity index (χ1n) is 9.61. The Bertz CT molecular complexity index is 915. The molecule has 1 atom stereocenters. The van der Waals surface area contributed by atoms with Crippen molar-refractivity contribution in [1.29, 1.82) is 0 Å². The van der Waals surface area contributed by atoms with E-state index in [0.29, 0.717) is 41.3 Å². The van der Waals surface area contributed by atoms with Crippen LogP contribution in [0.15, 0.2) is 48.5 Å². The zero-order valence-electron chi connectivity index (χ0n) is 16.2. The summed E-state index contributed by atoms with van der Waals surface area (Å²) >= 11 is 6.14. The Morgan fingerprint density at radius 3 is 2.72 bits per heavy atom. The number of esters is 1. The fourth-order valence-corrected chi connectivity index (χ4v) is 3.58. The number of piperidine rings is 1. The summed E-state index contributed by atoms with van der Waals surface area (Å²) in [6.07, 6.45) is 1.42. The molecule has 0 spiro atoms. The molecule has 0 radical (unpaired) electrons. The van der Waals surface area contributed by atoms with Crippen LogP contribution in [0.3, 0.4) is 0 Å². The van der Waals surface area contributed by atoms with E-state index in [9.17, 15) is 14.4 Å². The Labute approximate surface area is 174 Å². The van der Waals surface area contributed by atoms with Crippen LogP contribution in [0.25, 0.3) is 0 Å². The second-order valence-corrected chi connectivity index (χ2v) is 7.27. The summed E-state index contributed by atoms with van der Waals surface area (Å²) in [6.45, 7) is 2.94. The molecule has 1 heterocycles. The Kier molecular flexibility index (Phi) is 6.88. The molecule has 3 rings (SSSR count). The molecule has 0 aliphatic carbocycles. The molecule has 2 amide bonds. The van der Waals surface area contributed by atoms with Crippen LogP contribution in [-0.2, 0) is 9.53 Å². The summed E-state index contributed by atoms with van der Waals surface area (Å²) in [5.74, 6) is -1.11. The molecular weight excluding hydrogens is 392 g/mol. The summed E-state index contributed by atoms with van der Waals surface area (Å²) in [7, 11) is 0. The summed E-state index contributed by atoms with van der Waals surface area (Å²) in [6, 6.07) is 13.5. The summed E-state index contributed by atoms with van der Waals surface area (Å²) in [5.41, 5.74) is 1.34. The van der Waals surface area contributed by atoms with Crippen molar-refractivity contribution < 1.29 is 19.1 Å². The van der Waals surface area contributed by atoms with Gasteiger partial charge >= 0.3 is 5.97 Å². The van der Waals surface area contributed by atoms with Gasteiger partial charge in [-0.3, -0.25) is 9.59 Å². The van der Waals surface area contributed by atoms with Crippen molar-refractivity contribution >= 4 is 35.1 Å². The number of nitrogens with zero attached hydrogens (tertiary/aromatic N) is 1. The molecule has 7 heteroatoms. The quantitative estimate of drug-likeness (QED) is 0.750. The third-order valence-electron chi connectivity index (χ3n) is 4.82. The molecule has 0 saturated carbocycles. The lowest BCUT2D eigenvalue weighted by Gasteiger charge is -2.32. The Morgan fingerprint density at radius 1 is 1.17 bits per heavy atom. The van der Waals surface area contributed by atoms with Gasteiger partial charge in [0.15, 0.2) is 0 Å². The second kappa shape index (κ2) is 9.56. The molecule has 0 bridgehead atoms. The van der Waals surface area contributed by atoms with Crippen molar-refractivity contribution in [2.45, 2.75) is 19.8 Å². The molecule has 1 unspecified atom stereocenters. The van der Waals surface area contributed by atoms with Gasteiger partial charge in [0.2, 0.25) is 5.91 Å². The number of amides is 2. The number of halogens is 1. The molecule has 29 heavy (non-hydrogen) atoms. The maximum absolute atomic E-state index is 12.8. The topological polar surface area (TPSA) is 75.7 Å². The smallest absolute Gasteiger partial charge is 0.338 e. The van der Waals surface area contributed by atoms with Crippen molar-refractivity contribution in [2.24, 2.45) is 5.92 Å². The van der Waals surface area contributed by atoms with Gasteiger partial charge < -0.3 is 15.0 Å². The highest BCUT2D eigenvalue weighted by atomic mass is 35.5. The van der Waals surface area contributed by atoms with E-state index < -0.39 is 5.97 Å². The Morgan fingerprint density at radius 2 is 1.97 bits per heavy atom. The monoisotopic (exact) mass is 414 g/mol. The Hall–Kier alpha value is -2.86. The molecular formula is C22H23ClN2O4. The van der Waals surface area contributed by atoms with Gasteiger partial charge in [-0.15, -0.1) is 0 Å². The SMILES string of the molecule is CCOC(=O)c1cccc(NC(=O)C2CCCN(C(=O)c3ccccc3Cl)C2)c1. The number of benzene rings is 2. The van der Waals surface area contributed by atoms with Gasteiger partial charge in [0, 0.05) is 18.8 Å². The van der Waals surface area contributed by atoms with Gasteiger partial charge in [0.25, 0.3) is 5.91 Å². The summed E-state index contributed by atoms with van der Waals surface area (Å²) in [4.78, 5) is 39.1. The third-order valence-corrected chi connectivity index (χ3v) is 5.15. The number of carbonyl (C=O) groups excluding carboxylic acids is 3. The van der Waals surface area contributed by atoms with Gasteiger partial charge in [-0.25, -0.2) is 4.79 Å². The van der Waals surface area contributed by atoms with E-state index in [0.717, 1.165) is 6.42 Å². The van der Waals surface area contributed by atoms with Crippen LogP contribution in [0.4, 0.5) is 5.69 Å². The predicted molar refractivity (Wildman–Crippen MR) is 111 cm³/mol. The largest absolute Gasteiger partial charge is 0.462 e. The predicted octanol–water partition coefficient (Wildman–Crippen LogP) is 4.01. The van der Waals surface area contributed by atoms with Crippen molar-refractivity contribution in [1.82, 2.24) is 4.90 Å². The lowest BCUT2D eigenvalue weighted by Crippen LogP contribution is -2.43. The van der Waals surface area contributed by atoms with E-state index in [1.807, 2.05) is 0 Å². The highest BCUT2D eigenvalue weighted by molar-refractivity contribution is 6.33. The van der Waals surface area contributed by atoms with Crippen LogP contribution >= 0.6 is 11.6 Å². The van der Waals surface area contributed by atoms with E-state index >= 15 is 0 Å². The van der Waals surface area contributed by atoms with Gasteiger partial charge in [-0.1, -0.05) is 29.8 Å². The van der Waals surface area contributed by atoms with Crippen LogP contribution in [0, 0.1) is 5.92 Å². The van der Waals surface area contributed by atoms with E-state index in [1.165, 1.54) is 0 Å². The number of rotatable bonds is 5. The van der Waals surface area contributed by atoms with Gasteiger partial charge in [-0.05, 0) is 50.1 Å². The van der Waals surface area contributed by atoms with Gasteiger partial charge in [0.1, 0.15) is 0 Å². The second-order valence-electron chi connectivity index (χ2n) is 6.86. The molecule has 1 fully saturated rings. The first-order chi connectivity index (χ1) is 14.0. The minimum absolute atomic E-state index is 0.169. The highest BCUT2D eigenvalue weighted by Gasteiger charge is 2.29. The highest BCUT2D eigenvalue weighted by Crippen LogP contribution is 2.23. The maximum Gasteiger partial charge on any atom is 0.338 e. The average molecular weight is 415 g/mol. The standard InChI is InChI=1S/C22H23ClN2O4/c1-2-29-22(28)15-7-5-9-17(13-15)24-20(26)16-8-6-12-25(14-16)21(27)18-10-3-4-11-19(18)23/h3-5,7,9-11,13,16H,2,6,8,12,14H2,1H3,(H,24,26). The Balaban J connectivity index is 1.66. The summed E-state index contributed by atoms with van der Waals surface area (Å²) in [5, 5.41) is 3.25. The van der Waals surface area contributed by atoms with Gasteiger partial charge in [-0.2, -0.15) is 0 Å². The molecule has 6 nitrogen and oxygen atoms in total. The number of carbonyl (C=O) groups is 3. The van der Waals surface area contributed by atoms with E-state index in [1.54, 1.807) is 60.4 Å². The van der Waals surface area contributed by atoms with Crippen molar-refractivity contribution in [2.75, 3.05) is 25.0 Å². The van der Waals surface area contributed by atoms with E-state index in [-0.39, 0.29) is 24.3 Å². The van der Waals surface area contributed by atoms with Crippen molar-refractivity contribution in [3.8, 4) is 0 Å². The zero-order valence-corrected chi connectivity index (χ0v) is 16.9. The molecule has 1 aliphatic rings. The number of hydrogen-bond acceptors (Lipinski definition) is 4. The molecule has 1 aliphatic heterocycles. The lowest BCUT2D eigenvalue weighted by molar-refractivity contribution is -0.121. The minimum atomic E-state index is -0.433. The van der Waals surface area contributed by atoms with Crippen LogP contribution < -0.4 is 5.32 Å². The molecule has 152 valence electrons. The zero-order chi connectivity index (χ0) is 20.8. The van der Waals surface area contributed by atoms with Crippen LogP contribution in [0.2, 0.25) is 5.02 Å². The number of hydrogen-bond donors (Lipinski definition) is 1. The normalized spacial score (nSPS) is 16.2. The molecule has 0 aromatic heterocycles. The first-order valence-corrected chi connectivity index (χ1v) is 9.99. The number of ether oxygens (including phenoxy) is 1. The molecule has 1 saturated heterocycles. The number of nitrogens with one attached hydrogen (secondary N) is 1. The minimum Gasteiger partial charge on any atom is -0.462 e. The fourth-order valence-electron chi connectivity index (χ4n) is 3.36. The van der Waals surface area contributed by atoms with Gasteiger partial charge in [0.05, 0.1) is 28.7 Å². The van der Waals surface area contributed by atoms with E-state index in [4.69, 9.17) is 16.3 Å². The summed E-state index contributed by atoms with van der Waals surface area (Å²) < 4.78 is 4.99. The molecule has 2 aromatic carbocycles. The van der Waals surface area contributed by atoms with Crippen molar-refractivity contribution in [3.05, 3.63) is 64.7 Å². The van der Waals surface area contributed by atoms with E-state index in [2.05, 4.69) is 5.32 Å². The lowest BCUT2D eigenvalue weighted by atomic mass is 9.96. The first kappa shape index (κ1) is 20.9. The number of anilines is 1. The third kappa shape index (κ3) is 5.15. The van der Waals surface area contributed by atoms with Crippen molar-refractivity contribution in [3.63, 3.8) is 0 Å². The van der Waals surface area contributed by atoms with Crippen LogP contribution in [0.1, 0.15) is 40.5 Å². The number of likely N-dealkylation sites (tertiary alicyclic amines) is 1. The molecule has 2 aromatic rings. The van der Waals surface area contributed by atoms with Crippen LogP contribution in [-0.4, -0.2) is 42.4 Å².